The summed E-state index contributed by atoms with van der Waals surface area (Å²) in [6.07, 6.45) is 0. The lowest BCUT2D eigenvalue weighted by molar-refractivity contribution is 1.53. The van der Waals surface area contributed by atoms with Crippen molar-refractivity contribution < 1.29 is 0 Å². The Morgan fingerprint density at radius 3 is 0.893 bits per heavy atom. The summed E-state index contributed by atoms with van der Waals surface area (Å²) in [5.41, 5.74) is 0. The molecule has 26 aromatic carbocycles. The Morgan fingerprint density at radius 1 is 0.0992 bits per heavy atom. The predicted molar refractivity (Wildman–Crippen MR) is 601 cm³/mol. The zero-order valence-corrected chi connectivity index (χ0v) is 79.2. The second-order valence-corrected chi connectivity index (χ2v) is 36.4. The Kier molecular flexibility index (Phi) is 28.2. The van der Waals surface area contributed by atoms with Gasteiger partial charge in [0.1, 0.15) is 0 Å². The van der Waals surface area contributed by atoms with E-state index in [1.54, 1.807) is 0 Å². The third kappa shape index (κ3) is 20.6. The first-order chi connectivity index (χ1) is 64.2. The van der Waals surface area contributed by atoms with Gasteiger partial charge in [-0.15, -0.1) is 114 Å². The maximum absolute atomic E-state index is 4.62. The number of hydrogen-bond donors (Lipinski definition) is 9. The van der Waals surface area contributed by atoms with Crippen LogP contribution in [0.2, 0.25) is 0 Å². The van der Waals surface area contributed by atoms with Crippen molar-refractivity contribution in [2.24, 2.45) is 0 Å². The summed E-state index contributed by atoms with van der Waals surface area (Å²) in [5, 5.41) is 43.0. The molecule has 0 unspecified atom stereocenters. The number of rotatable bonds is 0. The fourth-order valence-electron chi connectivity index (χ4n) is 17.2. The van der Waals surface area contributed by atoms with E-state index in [0.29, 0.717) is 0 Å². The topological polar surface area (TPSA) is 0 Å². The highest BCUT2D eigenvalue weighted by Gasteiger charge is 2.10. The Bertz CT molecular complexity index is 8450. The summed E-state index contributed by atoms with van der Waals surface area (Å²) in [7, 11) is 0. The molecule has 0 saturated heterocycles. The van der Waals surface area contributed by atoms with Crippen LogP contribution >= 0.6 is 114 Å². The third-order valence-corrected chi connectivity index (χ3v) is 26.9. The third-order valence-electron chi connectivity index (χ3n) is 23.6. The molecule has 26 rings (SSSR count). The minimum Gasteiger partial charge on any atom is -0.143 e. The maximum Gasteiger partial charge on any atom is 0.0197 e. The van der Waals surface area contributed by atoms with Gasteiger partial charge in [0.15, 0.2) is 0 Å². The highest BCUT2D eigenvalue weighted by Crippen LogP contribution is 2.38. The lowest BCUT2D eigenvalue weighted by atomic mass is 10.0. The highest BCUT2D eigenvalue weighted by atomic mass is 32.1. The van der Waals surface area contributed by atoms with Crippen LogP contribution in [0.3, 0.4) is 0 Å². The van der Waals surface area contributed by atoms with Gasteiger partial charge in [0.2, 0.25) is 0 Å². The molecule has 0 aliphatic rings. The predicted octanol–water partition coefficient (Wildman–Crippen LogP) is 37.4. The summed E-state index contributed by atoms with van der Waals surface area (Å²) in [4.78, 5) is 9.33. The molecule has 9 heteroatoms. The van der Waals surface area contributed by atoms with Crippen molar-refractivity contribution in [3.8, 4) is 0 Å². The Morgan fingerprint density at radius 2 is 0.344 bits per heavy atom. The van der Waals surface area contributed by atoms with Crippen molar-refractivity contribution in [1.29, 1.82) is 0 Å². The lowest BCUT2D eigenvalue weighted by Gasteiger charge is -2.06. The Balaban J connectivity index is 0.0000000991. The average molecular weight is 1840 g/mol. The molecule has 26 aromatic rings. The molecular weight excluding hydrogens is 1750 g/mol. The Labute approximate surface area is 812 Å². The highest BCUT2D eigenvalue weighted by molar-refractivity contribution is 7.82. The number of benzene rings is 26. The normalized spacial score (nSPS) is 10.9. The molecule has 0 aromatic heterocycles. The molecule has 0 atom stereocenters. The smallest absolute Gasteiger partial charge is 0.0197 e. The molecule has 0 amide bonds. The standard InChI is InChI=1S/8C14H10S.C10H8S/c15-14-12-7-3-1-5-10(12)9-11-6-2-4-8-13(11)14;15-14-9-10-5-1-2-6-11(10)12-7-3-4-8-13(12)14;15-13-7-3-5-11-9-8-10-4-1-2-6-12(10)14(11)13;15-14-7-3-6-12-8-10-4-1-2-5-11(10)9-13(12)14;15-14-7-3-6-12-11-5-2-1-4-10(11)8-9-13(12)14;15-14-6-5-12-7-10-3-1-2-4-11(10)8-13(12)9-14;15-12-7-8-14-11(9-12)6-5-10-3-1-2-4-13(10)14;15-12-8-7-11-6-5-10-3-1-2-4-13(10)14(11)9-12;11-10-7-3-5-8-4-1-2-6-9(8)10/h8*1-9,15H;1-7,11H. The van der Waals surface area contributed by atoms with Gasteiger partial charge in [-0.3, -0.25) is 0 Å². The zero-order chi connectivity index (χ0) is 89.7. The second-order valence-electron chi connectivity index (χ2n) is 32.0. The molecule has 0 N–H and O–H groups in total. The van der Waals surface area contributed by atoms with E-state index in [9.17, 15) is 0 Å². The molecule has 0 bridgehead atoms. The maximum atomic E-state index is 4.62. The number of fused-ring (bicyclic) bond motifs is 22. The van der Waals surface area contributed by atoms with Gasteiger partial charge in [-0.25, -0.2) is 0 Å². The van der Waals surface area contributed by atoms with E-state index in [1.165, 1.54) is 183 Å². The first-order valence-corrected chi connectivity index (χ1v) is 47.2. The summed E-state index contributed by atoms with van der Waals surface area (Å²) >= 11 is 40.1. The summed E-state index contributed by atoms with van der Waals surface area (Å²) < 4.78 is 0. The molecule has 0 nitrogen and oxygen atoms in total. The summed E-state index contributed by atoms with van der Waals surface area (Å²) in [6, 6.07) is 166. The molecular formula is C122H88S9. The van der Waals surface area contributed by atoms with Gasteiger partial charge in [0.25, 0.3) is 0 Å². The Hall–Kier alpha value is -12.7. The van der Waals surface area contributed by atoms with Gasteiger partial charge >= 0.3 is 0 Å². The molecule has 0 fully saturated rings. The van der Waals surface area contributed by atoms with Gasteiger partial charge in [-0.05, 0) is 275 Å². The van der Waals surface area contributed by atoms with Gasteiger partial charge in [0.05, 0.1) is 0 Å². The largest absolute Gasteiger partial charge is 0.143 e. The molecule has 0 radical (unpaired) electrons. The van der Waals surface area contributed by atoms with E-state index in [2.05, 4.69) is 520 Å². The fraction of sp³-hybridized carbons (Fsp3) is 0. The van der Waals surface area contributed by atoms with Gasteiger partial charge in [-0.2, -0.15) is 0 Å². The molecule has 630 valence electrons. The zero-order valence-electron chi connectivity index (χ0n) is 71.1. The molecule has 0 heterocycles. The molecule has 0 aliphatic heterocycles. The van der Waals surface area contributed by atoms with E-state index in [0.717, 1.165) is 44.1 Å². The van der Waals surface area contributed by atoms with Crippen LogP contribution in [0.1, 0.15) is 0 Å². The van der Waals surface area contributed by atoms with Gasteiger partial charge in [-0.1, -0.05) is 382 Å². The SMILES string of the molecule is Sc1c2ccccc2cc2ccccc12.Sc1cc2ccccc2c2ccccc12.Sc1ccc2c(ccc3ccccc32)c1.Sc1ccc2cc3ccccc3cc2c1.Sc1ccc2ccc3ccccc3c2c1.Sc1cccc2c1ccc1ccccc12.Sc1cccc2cc3ccccc3cc12.Sc1cccc2ccc3ccccc3c12.Sc1cccc2ccccc12. The number of hydrogen-bond acceptors (Lipinski definition) is 9. The fourth-order valence-corrected chi connectivity index (χ4v) is 19.7. The van der Waals surface area contributed by atoms with Crippen LogP contribution in [-0.2, 0) is 0 Å². The summed E-state index contributed by atoms with van der Waals surface area (Å²) in [6.45, 7) is 0. The van der Waals surface area contributed by atoms with E-state index in [1.807, 2.05) is 72.8 Å². The first-order valence-electron chi connectivity index (χ1n) is 43.2. The lowest BCUT2D eigenvalue weighted by Crippen LogP contribution is -1.78. The van der Waals surface area contributed by atoms with Crippen molar-refractivity contribution in [2.45, 2.75) is 44.1 Å². The first kappa shape index (κ1) is 88.9. The van der Waals surface area contributed by atoms with Crippen LogP contribution in [-0.4, -0.2) is 0 Å². The summed E-state index contributed by atoms with van der Waals surface area (Å²) in [5.74, 6) is 0. The van der Waals surface area contributed by atoms with Crippen LogP contribution in [0.15, 0.2) is 523 Å². The van der Waals surface area contributed by atoms with E-state index in [-0.39, 0.29) is 0 Å². The molecule has 0 spiro atoms. The van der Waals surface area contributed by atoms with Crippen molar-refractivity contribution >= 4 is 297 Å². The number of thiol groups is 9. The van der Waals surface area contributed by atoms with Crippen LogP contribution in [0.4, 0.5) is 0 Å². The van der Waals surface area contributed by atoms with Crippen LogP contribution < -0.4 is 0 Å². The average Bonchev–Trinajstić information content (AvgIpc) is 0.794. The van der Waals surface area contributed by atoms with Crippen molar-refractivity contribution in [2.75, 3.05) is 0 Å². The van der Waals surface area contributed by atoms with Crippen molar-refractivity contribution in [3.63, 3.8) is 0 Å². The van der Waals surface area contributed by atoms with Crippen LogP contribution in [0, 0.1) is 0 Å². The second kappa shape index (κ2) is 41.6. The quantitative estimate of drug-likeness (QED) is 0.0404. The van der Waals surface area contributed by atoms with Crippen LogP contribution in [0.5, 0.6) is 0 Å². The van der Waals surface area contributed by atoms with Crippen molar-refractivity contribution in [1.82, 2.24) is 0 Å². The molecule has 131 heavy (non-hydrogen) atoms. The van der Waals surface area contributed by atoms with Crippen molar-refractivity contribution in [3.05, 3.63) is 479 Å². The minimum absolute atomic E-state index is 1.01. The van der Waals surface area contributed by atoms with E-state index < -0.39 is 0 Å². The van der Waals surface area contributed by atoms with Crippen LogP contribution in [0.25, 0.3) is 183 Å². The minimum atomic E-state index is 1.01. The van der Waals surface area contributed by atoms with Gasteiger partial charge in [0, 0.05) is 49.4 Å². The van der Waals surface area contributed by atoms with E-state index >= 15 is 0 Å². The van der Waals surface area contributed by atoms with Gasteiger partial charge < -0.3 is 0 Å². The van der Waals surface area contributed by atoms with E-state index in [4.69, 9.17) is 0 Å². The monoisotopic (exact) mass is 1840 g/mol. The molecule has 0 aliphatic carbocycles. The molecule has 0 saturated carbocycles.